The number of pyridine rings is 1. The summed E-state index contributed by atoms with van der Waals surface area (Å²) < 4.78 is 0. The SMILES string of the molecule is CCC1CCN(c2cc(N)c(C)cn2)C1. The third-order valence-corrected chi connectivity index (χ3v) is 3.32. The number of hydrogen-bond acceptors (Lipinski definition) is 3. The van der Waals surface area contributed by atoms with Crippen LogP contribution in [0.15, 0.2) is 12.3 Å². The van der Waals surface area contributed by atoms with Crippen molar-refractivity contribution in [2.75, 3.05) is 23.7 Å². The predicted octanol–water partition coefficient (Wildman–Crippen LogP) is 2.21. The van der Waals surface area contributed by atoms with Crippen molar-refractivity contribution in [1.29, 1.82) is 0 Å². The molecule has 0 aromatic carbocycles. The zero-order valence-electron chi connectivity index (χ0n) is 9.53. The van der Waals surface area contributed by atoms with E-state index in [4.69, 9.17) is 5.73 Å². The lowest BCUT2D eigenvalue weighted by atomic mass is 10.1. The molecule has 1 fully saturated rings. The monoisotopic (exact) mass is 205 g/mol. The van der Waals surface area contributed by atoms with Gasteiger partial charge in [-0.05, 0) is 24.8 Å². The second-order valence-corrected chi connectivity index (χ2v) is 4.41. The largest absolute Gasteiger partial charge is 0.398 e. The summed E-state index contributed by atoms with van der Waals surface area (Å²) in [6, 6.07) is 1.99. The number of anilines is 2. The van der Waals surface area contributed by atoms with Gasteiger partial charge in [0.25, 0.3) is 0 Å². The van der Waals surface area contributed by atoms with Crippen LogP contribution in [0.4, 0.5) is 11.5 Å². The number of hydrogen-bond donors (Lipinski definition) is 1. The summed E-state index contributed by atoms with van der Waals surface area (Å²) >= 11 is 0. The number of rotatable bonds is 2. The molecule has 82 valence electrons. The first-order valence-corrected chi connectivity index (χ1v) is 5.67. The molecule has 2 rings (SSSR count). The minimum absolute atomic E-state index is 0.828. The Morgan fingerprint density at radius 1 is 1.60 bits per heavy atom. The van der Waals surface area contributed by atoms with Crippen LogP contribution in [0.3, 0.4) is 0 Å². The Labute approximate surface area is 91.3 Å². The molecule has 0 radical (unpaired) electrons. The van der Waals surface area contributed by atoms with Crippen molar-refractivity contribution < 1.29 is 0 Å². The van der Waals surface area contributed by atoms with Gasteiger partial charge in [-0.3, -0.25) is 0 Å². The fourth-order valence-electron chi connectivity index (χ4n) is 2.07. The highest BCUT2D eigenvalue weighted by molar-refractivity contribution is 5.55. The molecule has 1 aromatic heterocycles. The molecule has 1 atom stereocenters. The van der Waals surface area contributed by atoms with Crippen LogP contribution in [0.5, 0.6) is 0 Å². The first-order chi connectivity index (χ1) is 7.20. The third-order valence-electron chi connectivity index (χ3n) is 3.32. The first kappa shape index (κ1) is 10.3. The lowest BCUT2D eigenvalue weighted by molar-refractivity contribution is 0.569. The molecule has 1 aliphatic rings. The van der Waals surface area contributed by atoms with Crippen LogP contribution in [0.25, 0.3) is 0 Å². The average molecular weight is 205 g/mol. The van der Waals surface area contributed by atoms with Crippen LogP contribution in [-0.4, -0.2) is 18.1 Å². The molecule has 1 saturated heterocycles. The molecular formula is C12H19N3. The van der Waals surface area contributed by atoms with E-state index in [1.165, 1.54) is 12.8 Å². The molecule has 1 unspecified atom stereocenters. The molecule has 2 N–H and O–H groups in total. The standard InChI is InChI=1S/C12H19N3/c1-3-10-4-5-15(8-10)12-6-11(13)9(2)7-14-12/h6-7,10H,3-5,8H2,1-2H3,(H2,13,14). The van der Waals surface area contributed by atoms with Crippen LogP contribution in [0.1, 0.15) is 25.3 Å². The maximum atomic E-state index is 5.89. The summed E-state index contributed by atoms with van der Waals surface area (Å²) in [6.07, 6.45) is 4.41. The molecule has 0 saturated carbocycles. The van der Waals surface area contributed by atoms with Gasteiger partial charge in [-0.2, -0.15) is 0 Å². The van der Waals surface area contributed by atoms with E-state index < -0.39 is 0 Å². The second kappa shape index (κ2) is 4.09. The van der Waals surface area contributed by atoms with Crippen LogP contribution in [0, 0.1) is 12.8 Å². The Balaban J connectivity index is 2.13. The highest BCUT2D eigenvalue weighted by atomic mass is 15.2. The van der Waals surface area contributed by atoms with Gasteiger partial charge >= 0.3 is 0 Å². The van der Waals surface area contributed by atoms with Crippen molar-refractivity contribution in [1.82, 2.24) is 4.98 Å². The molecule has 3 nitrogen and oxygen atoms in total. The van der Waals surface area contributed by atoms with E-state index in [1.54, 1.807) is 0 Å². The molecule has 0 amide bonds. The van der Waals surface area contributed by atoms with Crippen molar-refractivity contribution in [2.24, 2.45) is 5.92 Å². The maximum absolute atomic E-state index is 5.89. The summed E-state index contributed by atoms with van der Waals surface area (Å²) in [4.78, 5) is 6.77. The third kappa shape index (κ3) is 2.06. The van der Waals surface area contributed by atoms with E-state index >= 15 is 0 Å². The van der Waals surface area contributed by atoms with E-state index in [-0.39, 0.29) is 0 Å². The highest BCUT2D eigenvalue weighted by Crippen LogP contribution is 2.25. The van der Waals surface area contributed by atoms with Gasteiger partial charge in [-0.25, -0.2) is 4.98 Å². The van der Waals surface area contributed by atoms with Gasteiger partial charge in [-0.1, -0.05) is 13.3 Å². The molecule has 3 heteroatoms. The predicted molar refractivity (Wildman–Crippen MR) is 64.0 cm³/mol. The van der Waals surface area contributed by atoms with E-state index in [0.29, 0.717) is 0 Å². The van der Waals surface area contributed by atoms with Crippen molar-refractivity contribution in [2.45, 2.75) is 26.7 Å². The van der Waals surface area contributed by atoms with Gasteiger partial charge in [0.2, 0.25) is 0 Å². The molecule has 0 spiro atoms. The first-order valence-electron chi connectivity index (χ1n) is 5.67. The molecule has 0 bridgehead atoms. The Kier molecular flexibility index (Phi) is 2.80. The van der Waals surface area contributed by atoms with Gasteiger partial charge in [0.15, 0.2) is 0 Å². The minimum Gasteiger partial charge on any atom is -0.398 e. The molecule has 1 aliphatic heterocycles. The zero-order chi connectivity index (χ0) is 10.8. The number of aryl methyl sites for hydroxylation is 1. The maximum Gasteiger partial charge on any atom is 0.130 e. The van der Waals surface area contributed by atoms with Crippen LogP contribution in [-0.2, 0) is 0 Å². The summed E-state index contributed by atoms with van der Waals surface area (Å²) in [7, 11) is 0. The number of nitrogens with two attached hydrogens (primary N) is 1. The summed E-state index contributed by atoms with van der Waals surface area (Å²) in [5, 5.41) is 0. The average Bonchev–Trinajstić information content (AvgIpc) is 2.70. The fourth-order valence-corrected chi connectivity index (χ4v) is 2.07. The van der Waals surface area contributed by atoms with Crippen molar-refractivity contribution in [3.05, 3.63) is 17.8 Å². The minimum atomic E-state index is 0.828. The van der Waals surface area contributed by atoms with Gasteiger partial charge in [0.05, 0.1) is 0 Å². The number of nitrogens with zero attached hydrogens (tertiary/aromatic N) is 2. The summed E-state index contributed by atoms with van der Waals surface area (Å²) in [6.45, 7) is 6.50. The van der Waals surface area contributed by atoms with Gasteiger partial charge in [-0.15, -0.1) is 0 Å². The van der Waals surface area contributed by atoms with Crippen molar-refractivity contribution in [3.8, 4) is 0 Å². The zero-order valence-corrected chi connectivity index (χ0v) is 9.53. The van der Waals surface area contributed by atoms with E-state index in [9.17, 15) is 0 Å². The number of nitrogen functional groups attached to an aromatic ring is 1. The normalized spacial score (nSPS) is 20.9. The van der Waals surface area contributed by atoms with Crippen LogP contribution >= 0.6 is 0 Å². The van der Waals surface area contributed by atoms with Gasteiger partial charge in [0.1, 0.15) is 5.82 Å². The summed E-state index contributed by atoms with van der Waals surface area (Å²) in [5.74, 6) is 1.86. The molecule has 2 heterocycles. The molecule has 15 heavy (non-hydrogen) atoms. The topological polar surface area (TPSA) is 42.1 Å². The number of aromatic nitrogens is 1. The Bertz CT molecular complexity index is 349. The van der Waals surface area contributed by atoms with E-state index in [1.807, 2.05) is 19.2 Å². The molecule has 0 aliphatic carbocycles. The lowest BCUT2D eigenvalue weighted by Gasteiger charge is -2.18. The van der Waals surface area contributed by atoms with Gasteiger partial charge < -0.3 is 10.6 Å². The molecule has 1 aromatic rings. The van der Waals surface area contributed by atoms with Crippen LogP contribution in [0.2, 0.25) is 0 Å². The smallest absolute Gasteiger partial charge is 0.130 e. The second-order valence-electron chi connectivity index (χ2n) is 4.41. The molecular weight excluding hydrogens is 186 g/mol. The lowest BCUT2D eigenvalue weighted by Crippen LogP contribution is -2.20. The van der Waals surface area contributed by atoms with E-state index in [0.717, 1.165) is 36.1 Å². The van der Waals surface area contributed by atoms with Gasteiger partial charge in [0, 0.05) is 31.0 Å². The van der Waals surface area contributed by atoms with Crippen molar-refractivity contribution in [3.63, 3.8) is 0 Å². The highest BCUT2D eigenvalue weighted by Gasteiger charge is 2.21. The van der Waals surface area contributed by atoms with Crippen molar-refractivity contribution >= 4 is 11.5 Å². The Morgan fingerprint density at radius 3 is 3.00 bits per heavy atom. The van der Waals surface area contributed by atoms with E-state index in [2.05, 4.69) is 16.8 Å². The quantitative estimate of drug-likeness (QED) is 0.805. The Hall–Kier alpha value is -1.25. The fraction of sp³-hybridized carbons (Fsp3) is 0.583. The summed E-state index contributed by atoms with van der Waals surface area (Å²) in [5.41, 5.74) is 7.80. The Morgan fingerprint density at radius 2 is 2.40 bits per heavy atom. The van der Waals surface area contributed by atoms with Crippen LogP contribution < -0.4 is 10.6 Å².